The van der Waals surface area contributed by atoms with Gasteiger partial charge in [0.1, 0.15) is 11.2 Å². The number of fused-ring (bicyclic) bond motifs is 8. The predicted octanol–water partition coefficient (Wildman–Crippen LogP) is 10.6. The molecule has 0 fully saturated rings. The van der Waals surface area contributed by atoms with Crippen LogP contribution < -0.4 is 0 Å². The van der Waals surface area contributed by atoms with E-state index in [4.69, 9.17) is 4.42 Å². The van der Waals surface area contributed by atoms with Crippen LogP contribution in [-0.2, 0) is 5.41 Å². The van der Waals surface area contributed by atoms with E-state index in [1.165, 1.54) is 38.4 Å². The maximum Gasteiger partial charge on any atom is 0.136 e. The van der Waals surface area contributed by atoms with Gasteiger partial charge in [-0.1, -0.05) is 74.5 Å². The molecule has 2 heterocycles. The molecule has 0 saturated heterocycles. The number of para-hydroxylation sites is 2. The van der Waals surface area contributed by atoms with E-state index in [1.54, 1.807) is 0 Å². The Balaban J connectivity index is 1.27. The van der Waals surface area contributed by atoms with Crippen LogP contribution in [0.3, 0.4) is 0 Å². The monoisotopic (exact) mass is 552 g/mol. The van der Waals surface area contributed by atoms with Gasteiger partial charge < -0.3 is 8.98 Å². The number of nitrogens with zero attached hydrogens (tertiary/aromatic N) is 2. The van der Waals surface area contributed by atoms with E-state index in [1.807, 2.05) is 12.1 Å². The Kier molecular flexibility index (Phi) is 4.86. The fourth-order valence-electron chi connectivity index (χ4n) is 7.64. The van der Waals surface area contributed by atoms with Crippen molar-refractivity contribution in [2.75, 3.05) is 0 Å². The molecule has 0 N–H and O–H groups in total. The molecular weight excluding hydrogens is 524 g/mol. The van der Waals surface area contributed by atoms with Gasteiger partial charge in [0.05, 0.1) is 28.4 Å². The summed E-state index contributed by atoms with van der Waals surface area (Å²) in [5.41, 5.74) is 13.4. The van der Waals surface area contributed by atoms with Gasteiger partial charge in [0, 0.05) is 32.5 Å². The van der Waals surface area contributed by atoms with E-state index in [0.717, 1.165) is 57.2 Å². The largest absolute Gasteiger partial charge is 0.456 e. The topological polar surface area (TPSA) is 41.9 Å². The lowest BCUT2D eigenvalue weighted by atomic mass is 9.80. The Morgan fingerprint density at radius 2 is 1.49 bits per heavy atom. The van der Waals surface area contributed by atoms with Crippen molar-refractivity contribution in [1.82, 2.24) is 4.57 Å². The average molecular weight is 553 g/mol. The number of hydrogen-bond acceptors (Lipinski definition) is 2. The molecule has 2 aliphatic rings. The SMILES string of the molecule is CC1(C)C2=C(CCC=C2)c2cc3c(cc21)oc1cc(-c2ccc(C#N)cc2-n2c4ccccc4c4ccccc42)ccc13. The maximum absolute atomic E-state index is 9.87. The molecule has 3 nitrogen and oxygen atoms in total. The van der Waals surface area contributed by atoms with Gasteiger partial charge >= 0.3 is 0 Å². The molecule has 0 spiro atoms. The molecule has 0 unspecified atom stereocenters. The third-order valence-corrected chi connectivity index (χ3v) is 9.71. The molecule has 7 aromatic rings. The molecule has 0 atom stereocenters. The van der Waals surface area contributed by atoms with Crippen LogP contribution >= 0.6 is 0 Å². The van der Waals surface area contributed by atoms with Gasteiger partial charge in [0.2, 0.25) is 0 Å². The molecular formula is C40H28N2O. The Morgan fingerprint density at radius 3 is 2.26 bits per heavy atom. The summed E-state index contributed by atoms with van der Waals surface area (Å²) in [4.78, 5) is 0. The Bertz CT molecular complexity index is 2380. The van der Waals surface area contributed by atoms with Crippen molar-refractivity contribution in [2.45, 2.75) is 32.1 Å². The Labute approximate surface area is 249 Å². The summed E-state index contributed by atoms with van der Waals surface area (Å²) in [6, 6.07) is 36.5. The Hall–Kier alpha value is -5.33. The lowest BCUT2D eigenvalue weighted by molar-refractivity contribution is 0.641. The quantitative estimate of drug-likeness (QED) is 0.214. The maximum atomic E-state index is 9.87. The fraction of sp³-hybridized carbons (Fsp3) is 0.125. The first-order chi connectivity index (χ1) is 21.0. The van der Waals surface area contributed by atoms with Crippen molar-refractivity contribution >= 4 is 49.3 Å². The third kappa shape index (κ3) is 3.29. The second-order valence-electron chi connectivity index (χ2n) is 12.4. The van der Waals surface area contributed by atoms with Gasteiger partial charge in [-0.3, -0.25) is 0 Å². The molecule has 43 heavy (non-hydrogen) atoms. The van der Waals surface area contributed by atoms with Crippen molar-refractivity contribution in [3.05, 3.63) is 131 Å². The van der Waals surface area contributed by atoms with Crippen molar-refractivity contribution < 1.29 is 4.42 Å². The molecule has 0 radical (unpaired) electrons. The first kappa shape index (κ1) is 24.3. The summed E-state index contributed by atoms with van der Waals surface area (Å²) in [6.45, 7) is 4.66. The van der Waals surface area contributed by atoms with E-state index >= 15 is 0 Å². The van der Waals surface area contributed by atoms with Crippen LogP contribution in [0, 0.1) is 11.3 Å². The predicted molar refractivity (Wildman–Crippen MR) is 177 cm³/mol. The highest BCUT2D eigenvalue weighted by Gasteiger charge is 2.37. The van der Waals surface area contributed by atoms with Gasteiger partial charge in [0.15, 0.2) is 0 Å². The lowest BCUT2D eigenvalue weighted by Gasteiger charge is -2.23. The third-order valence-electron chi connectivity index (χ3n) is 9.71. The number of benzene rings is 5. The number of furan rings is 1. The highest BCUT2D eigenvalue weighted by Crippen LogP contribution is 2.51. The first-order valence-corrected chi connectivity index (χ1v) is 15.0. The van der Waals surface area contributed by atoms with Gasteiger partial charge in [0.25, 0.3) is 0 Å². The molecule has 0 aliphatic heterocycles. The highest BCUT2D eigenvalue weighted by atomic mass is 16.3. The van der Waals surface area contributed by atoms with Crippen LogP contribution in [0.5, 0.6) is 0 Å². The van der Waals surface area contributed by atoms with E-state index in [0.29, 0.717) is 5.56 Å². The number of rotatable bonds is 2. The van der Waals surface area contributed by atoms with Crippen molar-refractivity contribution in [3.8, 4) is 22.9 Å². The Morgan fingerprint density at radius 1 is 0.744 bits per heavy atom. The second-order valence-corrected chi connectivity index (χ2v) is 12.4. The van der Waals surface area contributed by atoms with Gasteiger partial charge in [-0.15, -0.1) is 0 Å². The van der Waals surface area contributed by atoms with Crippen molar-refractivity contribution in [3.63, 3.8) is 0 Å². The van der Waals surface area contributed by atoms with Gasteiger partial charge in [-0.25, -0.2) is 0 Å². The van der Waals surface area contributed by atoms with Crippen molar-refractivity contribution in [1.29, 1.82) is 5.26 Å². The lowest BCUT2D eigenvalue weighted by Crippen LogP contribution is -2.16. The van der Waals surface area contributed by atoms with Crippen molar-refractivity contribution in [2.24, 2.45) is 0 Å². The molecule has 0 saturated carbocycles. The van der Waals surface area contributed by atoms with E-state index in [9.17, 15) is 5.26 Å². The normalized spacial score (nSPS) is 15.5. The van der Waals surface area contributed by atoms with Gasteiger partial charge in [-0.2, -0.15) is 5.26 Å². The standard InChI is InChI=1S/C40H28N2O/c1-40(2)33-12-6-3-9-27(33)31-21-32-30-18-16-25(20-38(30)43-39(32)22-34(31)40)26-17-15-24(23-41)19-37(26)42-35-13-7-4-10-28(35)29-11-5-8-14-36(29)42/h4-8,10-22H,3,9H2,1-2H3. The molecule has 2 aliphatic carbocycles. The van der Waals surface area contributed by atoms with Crippen LogP contribution in [0.4, 0.5) is 0 Å². The number of nitriles is 1. The average Bonchev–Trinajstić information content (AvgIpc) is 3.65. The summed E-state index contributed by atoms with van der Waals surface area (Å²) in [6.07, 6.45) is 6.83. The molecule has 2 aromatic heterocycles. The van der Waals surface area contributed by atoms with E-state index < -0.39 is 0 Å². The van der Waals surface area contributed by atoms with Crippen LogP contribution in [-0.4, -0.2) is 4.57 Å². The second kappa shape index (κ2) is 8.60. The number of hydrogen-bond donors (Lipinski definition) is 0. The van der Waals surface area contributed by atoms with Crippen LogP contribution in [0.2, 0.25) is 0 Å². The summed E-state index contributed by atoms with van der Waals surface area (Å²) in [5.74, 6) is 0. The number of aromatic nitrogens is 1. The van der Waals surface area contributed by atoms with Crippen LogP contribution in [0.1, 0.15) is 43.4 Å². The minimum Gasteiger partial charge on any atom is -0.456 e. The summed E-state index contributed by atoms with van der Waals surface area (Å²) in [5, 5.41) is 14.6. The molecule has 9 rings (SSSR count). The molecule has 5 aromatic carbocycles. The summed E-state index contributed by atoms with van der Waals surface area (Å²) >= 11 is 0. The van der Waals surface area contributed by atoms with Crippen LogP contribution in [0.15, 0.2) is 119 Å². The first-order valence-electron chi connectivity index (χ1n) is 15.0. The summed E-state index contributed by atoms with van der Waals surface area (Å²) < 4.78 is 8.90. The molecule has 0 bridgehead atoms. The van der Waals surface area contributed by atoms with Gasteiger partial charge in [-0.05, 0) is 89.2 Å². The molecule has 204 valence electrons. The summed E-state index contributed by atoms with van der Waals surface area (Å²) in [7, 11) is 0. The smallest absolute Gasteiger partial charge is 0.136 e. The van der Waals surface area contributed by atoms with E-state index in [2.05, 4.69) is 122 Å². The van der Waals surface area contributed by atoms with Crippen LogP contribution in [0.25, 0.3) is 66.1 Å². The fourth-order valence-corrected chi connectivity index (χ4v) is 7.64. The zero-order valence-electron chi connectivity index (χ0n) is 24.1. The minimum atomic E-state index is -0.0282. The molecule has 3 heteroatoms. The zero-order chi connectivity index (χ0) is 28.9. The number of allylic oxidation sites excluding steroid dienone is 4. The minimum absolute atomic E-state index is 0.0282. The molecule has 0 amide bonds. The van der Waals surface area contributed by atoms with E-state index in [-0.39, 0.29) is 5.41 Å². The zero-order valence-corrected chi connectivity index (χ0v) is 24.1. The highest BCUT2D eigenvalue weighted by molar-refractivity contribution is 6.11.